The SMILES string of the molecule is C[Si](C)(C)OC=CF.Fc1ccccc1. The van der Waals surface area contributed by atoms with Crippen LogP contribution in [0.2, 0.25) is 19.6 Å². The lowest BCUT2D eigenvalue weighted by Gasteiger charge is -2.13. The van der Waals surface area contributed by atoms with Gasteiger partial charge in [-0.15, -0.1) is 0 Å². The highest BCUT2D eigenvalue weighted by molar-refractivity contribution is 6.69. The van der Waals surface area contributed by atoms with E-state index in [1.807, 2.05) is 19.6 Å². The molecule has 0 saturated carbocycles. The molecule has 15 heavy (non-hydrogen) atoms. The largest absolute Gasteiger partial charge is 0.548 e. The van der Waals surface area contributed by atoms with Crippen LogP contribution in [0.25, 0.3) is 0 Å². The lowest BCUT2D eigenvalue weighted by Crippen LogP contribution is -2.21. The fraction of sp³-hybridized carbons (Fsp3) is 0.273. The third kappa shape index (κ3) is 10.8. The van der Waals surface area contributed by atoms with Crippen LogP contribution in [0.4, 0.5) is 8.78 Å². The monoisotopic (exact) mass is 230 g/mol. The highest BCUT2D eigenvalue weighted by atomic mass is 28.4. The molecule has 0 aliphatic heterocycles. The van der Waals surface area contributed by atoms with Gasteiger partial charge < -0.3 is 4.43 Å². The van der Waals surface area contributed by atoms with Crippen molar-refractivity contribution in [2.75, 3.05) is 0 Å². The van der Waals surface area contributed by atoms with Crippen molar-refractivity contribution in [1.29, 1.82) is 0 Å². The Labute approximate surface area is 90.5 Å². The molecule has 0 spiro atoms. The average molecular weight is 230 g/mol. The average Bonchev–Trinajstić information content (AvgIpc) is 2.16. The molecule has 0 radical (unpaired) electrons. The number of hydrogen-bond donors (Lipinski definition) is 0. The molecule has 4 heteroatoms. The van der Waals surface area contributed by atoms with Gasteiger partial charge in [-0.1, -0.05) is 18.2 Å². The zero-order chi connectivity index (χ0) is 11.7. The number of hydrogen-bond acceptors (Lipinski definition) is 1. The van der Waals surface area contributed by atoms with Gasteiger partial charge in [0.2, 0.25) is 8.32 Å². The van der Waals surface area contributed by atoms with Crippen LogP contribution in [-0.2, 0) is 4.43 Å². The molecule has 0 N–H and O–H groups in total. The Bertz CT molecular complexity index is 280. The fourth-order valence-electron chi connectivity index (χ4n) is 0.645. The molecule has 0 aliphatic rings. The van der Waals surface area contributed by atoms with Crippen molar-refractivity contribution >= 4 is 8.32 Å². The van der Waals surface area contributed by atoms with Crippen LogP contribution in [0.15, 0.2) is 42.9 Å². The van der Waals surface area contributed by atoms with Crippen LogP contribution in [0.3, 0.4) is 0 Å². The van der Waals surface area contributed by atoms with Crippen molar-refractivity contribution < 1.29 is 13.2 Å². The molecular formula is C11H16F2OSi. The van der Waals surface area contributed by atoms with Crippen molar-refractivity contribution in [3.8, 4) is 0 Å². The van der Waals surface area contributed by atoms with E-state index in [9.17, 15) is 8.78 Å². The van der Waals surface area contributed by atoms with Gasteiger partial charge in [-0.05, 0) is 31.8 Å². The minimum Gasteiger partial charge on any atom is -0.548 e. The van der Waals surface area contributed by atoms with E-state index in [4.69, 9.17) is 4.43 Å². The molecule has 0 atom stereocenters. The van der Waals surface area contributed by atoms with Crippen LogP contribution >= 0.6 is 0 Å². The first-order chi connectivity index (χ1) is 6.95. The molecule has 1 rings (SSSR count). The first-order valence-electron chi connectivity index (χ1n) is 4.59. The van der Waals surface area contributed by atoms with E-state index in [0.717, 1.165) is 6.26 Å². The van der Waals surface area contributed by atoms with Gasteiger partial charge in [-0.3, -0.25) is 0 Å². The Hall–Kier alpha value is -1.16. The van der Waals surface area contributed by atoms with E-state index in [2.05, 4.69) is 0 Å². The van der Waals surface area contributed by atoms with Gasteiger partial charge in [0.05, 0.1) is 6.26 Å². The first-order valence-corrected chi connectivity index (χ1v) is 8.00. The van der Waals surface area contributed by atoms with Gasteiger partial charge in [0.1, 0.15) is 12.1 Å². The van der Waals surface area contributed by atoms with Gasteiger partial charge >= 0.3 is 0 Å². The van der Waals surface area contributed by atoms with Crippen molar-refractivity contribution in [3.63, 3.8) is 0 Å². The second-order valence-corrected chi connectivity index (χ2v) is 8.25. The van der Waals surface area contributed by atoms with E-state index in [0.29, 0.717) is 6.33 Å². The molecule has 84 valence electrons. The molecule has 0 heterocycles. The van der Waals surface area contributed by atoms with Crippen molar-refractivity contribution in [2.45, 2.75) is 19.6 Å². The molecule has 1 nitrogen and oxygen atoms in total. The maximum atomic E-state index is 11.9. The molecule has 0 bridgehead atoms. The molecule has 1 aromatic rings. The minimum atomic E-state index is -1.50. The standard InChI is InChI=1S/C6H5F.C5H11FOSi/c7-6-4-2-1-3-5-6;1-8(2,3)7-5-4-6/h1-5H;4-5H,1-3H3. The van der Waals surface area contributed by atoms with E-state index >= 15 is 0 Å². The van der Waals surface area contributed by atoms with Gasteiger partial charge in [-0.2, -0.15) is 0 Å². The third-order valence-corrected chi connectivity index (χ3v) is 2.05. The van der Waals surface area contributed by atoms with Gasteiger partial charge in [0.25, 0.3) is 0 Å². The summed E-state index contributed by atoms with van der Waals surface area (Å²) in [5, 5.41) is 0. The first kappa shape index (κ1) is 13.8. The van der Waals surface area contributed by atoms with E-state index < -0.39 is 8.32 Å². The lowest BCUT2D eigenvalue weighted by molar-refractivity contribution is 0.464. The predicted molar refractivity (Wildman–Crippen MR) is 61.1 cm³/mol. The van der Waals surface area contributed by atoms with Crippen LogP contribution in [0.1, 0.15) is 0 Å². The summed E-state index contributed by atoms with van der Waals surface area (Å²) in [6.07, 6.45) is 1.52. The normalized spacial score (nSPS) is 10.7. The fourth-order valence-corrected chi connectivity index (χ4v) is 1.10. The predicted octanol–water partition coefficient (Wildman–Crippen LogP) is 4.10. The quantitative estimate of drug-likeness (QED) is 0.549. The molecule has 1 aromatic carbocycles. The molecular weight excluding hydrogens is 214 g/mol. The summed E-state index contributed by atoms with van der Waals surface area (Å²) in [5.74, 6) is -0.178. The second-order valence-electron chi connectivity index (χ2n) is 3.79. The van der Waals surface area contributed by atoms with Gasteiger partial charge in [-0.25, -0.2) is 8.78 Å². The van der Waals surface area contributed by atoms with E-state index in [1.165, 1.54) is 12.1 Å². The van der Waals surface area contributed by atoms with Crippen LogP contribution in [0.5, 0.6) is 0 Å². The lowest BCUT2D eigenvalue weighted by atomic mass is 10.4. The number of rotatable bonds is 2. The molecule has 0 aromatic heterocycles. The van der Waals surface area contributed by atoms with Gasteiger partial charge in [0, 0.05) is 0 Å². The molecule has 0 aliphatic carbocycles. The summed E-state index contributed by atoms with van der Waals surface area (Å²) in [5.41, 5.74) is 0. The highest BCUT2D eigenvalue weighted by Crippen LogP contribution is 2.01. The summed E-state index contributed by atoms with van der Waals surface area (Å²) in [4.78, 5) is 0. The molecule has 0 unspecified atom stereocenters. The summed E-state index contributed by atoms with van der Waals surface area (Å²) < 4.78 is 28.1. The third-order valence-electron chi connectivity index (χ3n) is 1.21. The zero-order valence-corrected chi connectivity index (χ0v) is 10.2. The zero-order valence-electron chi connectivity index (χ0n) is 9.21. The number of halogens is 2. The van der Waals surface area contributed by atoms with Gasteiger partial charge in [0.15, 0.2) is 0 Å². The maximum Gasteiger partial charge on any atom is 0.241 e. The van der Waals surface area contributed by atoms with E-state index in [1.54, 1.807) is 18.2 Å². The maximum absolute atomic E-state index is 11.9. The summed E-state index contributed by atoms with van der Waals surface area (Å²) in [6, 6.07) is 7.94. The van der Waals surface area contributed by atoms with Crippen LogP contribution in [0, 0.1) is 5.82 Å². The Kier molecular flexibility index (Phi) is 6.62. The summed E-state index contributed by atoms with van der Waals surface area (Å²) >= 11 is 0. The highest BCUT2D eigenvalue weighted by Gasteiger charge is 2.12. The molecule has 0 saturated heterocycles. The van der Waals surface area contributed by atoms with Crippen molar-refractivity contribution in [2.24, 2.45) is 0 Å². The van der Waals surface area contributed by atoms with Crippen molar-refractivity contribution in [3.05, 3.63) is 48.7 Å². The Balaban J connectivity index is 0.000000262. The van der Waals surface area contributed by atoms with Crippen LogP contribution in [-0.4, -0.2) is 8.32 Å². The summed E-state index contributed by atoms with van der Waals surface area (Å²) in [6.45, 7) is 5.98. The Morgan fingerprint density at radius 3 is 1.87 bits per heavy atom. The second kappa shape index (κ2) is 7.17. The minimum absolute atomic E-state index is 0.178. The van der Waals surface area contributed by atoms with Crippen LogP contribution < -0.4 is 0 Å². The topological polar surface area (TPSA) is 9.23 Å². The van der Waals surface area contributed by atoms with E-state index in [-0.39, 0.29) is 5.82 Å². The summed E-state index contributed by atoms with van der Waals surface area (Å²) in [7, 11) is -1.50. The number of benzene rings is 1. The Morgan fingerprint density at radius 2 is 1.67 bits per heavy atom. The Morgan fingerprint density at radius 1 is 1.13 bits per heavy atom. The molecule has 0 amide bonds. The van der Waals surface area contributed by atoms with Crippen molar-refractivity contribution in [1.82, 2.24) is 0 Å². The smallest absolute Gasteiger partial charge is 0.241 e. The molecule has 0 fully saturated rings.